The number of H-pyrrole nitrogens is 1. The molecule has 7 nitrogen and oxygen atoms in total. The largest absolute Gasteiger partial charge is 0.497 e. The number of aromatic amines is 1. The van der Waals surface area contributed by atoms with Gasteiger partial charge in [-0.05, 0) is 50.2 Å². The minimum Gasteiger partial charge on any atom is -0.497 e. The lowest BCUT2D eigenvalue weighted by molar-refractivity contribution is -0.132. The van der Waals surface area contributed by atoms with Crippen LogP contribution < -0.4 is 14.8 Å². The Hall–Kier alpha value is -3.19. The number of ether oxygens (including phenoxy) is 2. The summed E-state index contributed by atoms with van der Waals surface area (Å²) in [5, 5.41) is 4.01. The zero-order valence-electron chi connectivity index (χ0n) is 17.1. The van der Waals surface area contributed by atoms with Crippen molar-refractivity contribution < 1.29 is 19.1 Å². The maximum absolute atomic E-state index is 12.6. The Morgan fingerprint density at radius 1 is 1.10 bits per heavy atom. The Labute approximate surface area is 179 Å². The van der Waals surface area contributed by atoms with Crippen molar-refractivity contribution in [3.63, 3.8) is 0 Å². The van der Waals surface area contributed by atoms with E-state index in [1.807, 2.05) is 32.0 Å². The Morgan fingerprint density at radius 3 is 2.53 bits per heavy atom. The van der Waals surface area contributed by atoms with Crippen molar-refractivity contribution in [3.05, 3.63) is 53.2 Å². The summed E-state index contributed by atoms with van der Waals surface area (Å²) in [7, 11) is 1.59. The van der Waals surface area contributed by atoms with Crippen LogP contribution in [0.5, 0.6) is 11.5 Å². The first kappa shape index (κ1) is 21.5. The summed E-state index contributed by atoms with van der Waals surface area (Å²) >= 11 is 6.26. The minimum absolute atomic E-state index is 0.0916. The summed E-state index contributed by atoms with van der Waals surface area (Å²) < 4.78 is 10.7. The van der Waals surface area contributed by atoms with Gasteiger partial charge in [-0.15, -0.1) is 0 Å². The molecule has 0 radical (unpaired) electrons. The molecule has 0 aliphatic carbocycles. The molecule has 0 saturated carbocycles. The van der Waals surface area contributed by atoms with Crippen molar-refractivity contribution in [2.75, 3.05) is 32.1 Å². The minimum atomic E-state index is -0.299. The van der Waals surface area contributed by atoms with Crippen LogP contribution in [0.2, 0.25) is 5.02 Å². The number of anilines is 1. The molecule has 1 aromatic heterocycles. The molecule has 2 amide bonds. The van der Waals surface area contributed by atoms with Gasteiger partial charge in [0.25, 0.3) is 11.8 Å². The highest BCUT2D eigenvalue weighted by Crippen LogP contribution is 2.28. The summed E-state index contributed by atoms with van der Waals surface area (Å²) in [4.78, 5) is 29.4. The van der Waals surface area contributed by atoms with Gasteiger partial charge in [-0.2, -0.15) is 0 Å². The van der Waals surface area contributed by atoms with Crippen molar-refractivity contribution in [2.24, 2.45) is 0 Å². The summed E-state index contributed by atoms with van der Waals surface area (Å²) in [5.41, 5.74) is 1.74. The van der Waals surface area contributed by atoms with Crippen molar-refractivity contribution >= 4 is 40.0 Å². The molecular formula is C22H24ClN3O4. The fourth-order valence-electron chi connectivity index (χ4n) is 3.06. The number of hydrogen-bond donors (Lipinski definition) is 2. The number of likely N-dealkylation sites (N-methyl/N-ethyl adjacent to an activating group) is 1. The van der Waals surface area contributed by atoms with Crippen molar-refractivity contribution in [1.82, 2.24) is 9.88 Å². The molecule has 30 heavy (non-hydrogen) atoms. The molecule has 2 N–H and O–H groups in total. The Morgan fingerprint density at radius 2 is 1.87 bits per heavy atom. The second-order valence-electron chi connectivity index (χ2n) is 6.59. The molecule has 0 aliphatic rings. The number of rotatable bonds is 8. The fraction of sp³-hybridized carbons (Fsp3) is 0.273. The number of carbonyl (C=O) groups excluding carboxylic acids is 2. The smallest absolute Gasteiger partial charge is 0.272 e. The molecule has 0 bridgehead atoms. The van der Waals surface area contributed by atoms with Crippen LogP contribution in [0.3, 0.4) is 0 Å². The van der Waals surface area contributed by atoms with Crippen LogP contribution in [-0.4, -0.2) is 48.5 Å². The monoisotopic (exact) mass is 429 g/mol. The molecule has 0 unspecified atom stereocenters. The third kappa shape index (κ3) is 4.86. The topological polar surface area (TPSA) is 83.7 Å². The van der Waals surface area contributed by atoms with Crippen LogP contribution in [0.25, 0.3) is 10.9 Å². The van der Waals surface area contributed by atoms with Gasteiger partial charge in [0.05, 0.1) is 12.1 Å². The first-order valence-corrected chi connectivity index (χ1v) is 10.0. The molecular weight excluding hydrogens is 406 g/mol. The molecule has 3 rings (SSSR count). The van der Waals surface area contributed by atoms with E-state index in [9.17, 15) is 9.59 Å². The van der Waals surface area contributed by atoms with Gasteiger partial charge in [0.1, 0.15) is 17.2 Å². The number of benzene rings is 2. The predicted molar refractivity (Wildman–Crippen MR) is 118 cm³/mol. The SMILES string of the molecule is CCN(CC)C(=O)COc1ccc(NC(=O)c2cc3ccc(OC)cc3[nH]2)cc1Cl. The number of methoxy groups -OCH3 is 1. The highest BCUT2D eigenvalue weighted by Gasteiger charge is 2.14. The second-order valence-corrected chi connectivity index (χ2v) is 7.00. The quantitative estimate of drug-likeness (QED) is 0.558. The Balaban J connectivity index is 1.66. The molecule has 3 aromatic rings. The maximum Gasteiger partial charge on any atom is 0.272 e. The Bertz CT molecular complexity index is 1060. The van der Waals surface area contributed by atoms with E-state index in [1.165, 1.54) is 0 Å². The molecule has 2 aromatic carbocycles. The van der Waals surface area contributed by atoms with E-state index < -0.39 is 0 Å². The first-order valence-electron chi connectivity index (χ1n) is 9.63. The van der Waals surface area contributed by atoms with Gasteiger partial charge >= 0.3 is 0 Å². The third-order valence-electron chi connectivity index (χ3n) is 4.73. The molecule has 0 saturated heterocycles. The molecule has 158 valence electrons. The normalized spacial score (nSPS) is 10.7. The summed E-state index contributed by atoms with van der Waals surface area (Å²) in [6.07, 6.45) is 0. The zero-order chi connectivity index (χ0) is 21.7. The predicted octanol–water partition coefficient (Wildman–Crippen LogP) is 4.33. The number of aromatic nitrogens is 1. The van der Waals surface area contributed by atoms with Crippen molar-refractivity contribution in [3.8, 4) is 11.5 Å². The molecule has 0 atom stereocenters. The number of hydrogen-bond acceptors (Lipinski definition) is 4. The first-order chi connectivity index (χ1) is 14.4. The summed E-state index contributed by atoms with van der Waals surface area (Å²) in [6, 6.07) is 12.2. The van der Waals surface area contributed by atoms with E-state index in [2.05, 4.69) is 10.3 Å². The third-order valence-corrected chi connectivity index (χ3v) is 5.03. The van der Waals surface area contributed by atoms with Gasteiger partial charge in [-0.1, -0.05) is 11.6 Å². The van der Waals surface area contributed by atoms with Gasteiger partial charge in [0, 0.05) is 35.7 Å². The van der Waals surface area contributed by atoms with E-state index in [0.29, 0.717) is 41.0 Å². The number of halogens is 1. The summed E-state index contributed by atoms with van der Waals surface area (Å²) in [5.74, 6) is 0.682. The number of carbonyl (C=O) groups is 2. The second kappa shape index (κ2) is 9.54. The molecule has 0 spiro atoms. The summed E-state index contributed by atoms with van der Waals surface area (Å²) in [6.45, 7) is 4.98. The maximum atomic E-state index is 12.6. The highest BCUT2D eigenvalue weighted by atomic mass is 35.5. The van der Waals surface area contributed by atoms with Gasteiger partial charge in [-0.3, -0.25) is 9.59 Å². The Kier molecular flexibility index (Phi) is 6.84. The number of nitrogens with zero attached hydrogens (tertiary/aromatic N) is 1. The van der Waals surface area contributed by atoms with Crippen molar-refractivity contribution in [2.45, 2.75) is 13.8 Å². The van der Waals surface area contributed by atoms with E-state index >= 15 is 0 Å². The average Bonchev–Trinajstić information content (AvgIpc) is 3.17. The van der Waals surface area contributed by atoms with Crippen molar-refractivity contribution in [1.29, 1.82) is 0 Å². The van der Waals surface area contributed by atoms with Gasteiger partial charge < -0.3 is 24.7 Å². The van der Waals surface area contributed by atoms with E-state index in [4.69, 9.17) is 21.1 Å². The van der Waals surface area contributed by atoms with Gasteiger partial charge in [0.15, 0.2) is 6.61 Å². The van der Waals surface area contributed by atoms with Crippen LogP contribution in [-0.2, 0) is 4.79 Å². The molecule has 0 fully saturated rings. The molecule has 8 heteroatoms. The lowest BCUT2D eigenvalue weighted by atomic mass is 10.2. The van der Waals surface area contributed by atoms with E-state index in [1.54, 1.807) is 36.3 Å². The molecule has 0 aliphatic heterocycles. The van der Waals surface area contributed by atoms with E-state index in [-0.39, 0.29) is 18.4 Å². The van der Waals surface area contributed by atoms with Gasteiger partial charge in [-0.25, -0.2) is 0 Å². The number of nitrogens with one attached hydrogen (secondary N) is 2. The van der Waals surface area contributed by atoms with Crippen LogP contribution in [0.4, 0.5) is 5.69 Å². The highest BCUT2D eigenvalue weighted by molar-refractivity contribution is 6.32. The lowest BCUT2D eigenvalue weighted by Gasteiger charge is -2.19. The number of fused-ring (bicyclic) bond motifs is 1. The number of amides is 2. The van der Waals surface area contributed by atoms with Crippen LogP contribution in [0.1, 0.15) is 24.3 Å². The standard InChI is InChI=1S/C22H24ClN3O4/c1-4-26(5-2)21(27)13-30-20-9-7-15(11-17(20)23)24-22(28)19-10-14-6-8-16(29-3)12-18(14)25-19/h6-12,25H,4-5,13H2,1-3H3,(H,24,28). The lowest BCUT2D eigenvalue weighted by Crippen LogP contribution is -2.34. The van der Waals surface area contributed by atoms with E-state index in [0.717, 1.165) is 10.9 Å². The van der Waals surface area contributed by atoms with Crippen LogP contribution >= 0.6 is 11.6 Å². The molecule has 1 heterocycles. The van der Waals surface area contributed by atoms with Crippen LogP contribution in [0, 0.1) is 0 Å². The fourth-order valence-corrected chi connectivity index (χ4v) is 3.29. The van der Waals surface area contributed by atoms with Gasteiger partial charge in [0.2, 0.25) is 0 Å². The zero-order valence-corrected chi connectivity index (χ0v) is 17.9. The van der Waals surface area contributed by atoms with Crippen LogP contribution in [0.15, 0.2) is 42.5 Å². The average molecular weight is 430 g/mol.